The van der Waals surface area contributed by atoms with E-state index in [0.717, 1.165) is 12.1 Å². The molecule has 0 saturated heterocycles. The van der Waals surface area contributed by atoms with Gasteiger partial charge in [-0.15, -0.1) is 0 Å². The summed E-state index contributed by atoms with van der Waals surface area (Å²) in [6, 6.07) is 10.9. The highest BCUT2D eigenvalue weighted by molar-refractivity contribution is 5.94. The monoisotopic (exact) mass is 379 g/mol. The predicted molar refractivity (Wildman–Crippen MR) is 93.7 cm³/mol. The molecular formula is C20H20F3NO3. The van der Waals surface area contributed by atoms with Crippen LogP contribution >= 0.6 is 0 Å². The summed E-state index contributed by atoms with van der Waals surface area (Å²) >= 11 is 0. The molecule has 1 fully saturated rings. The fraction of sp³-hybridized carbons (Fsp3) is 0.350. The third kappa shape index (κ3) is 5.23. The number of aliphatic hydroxyl groups excluding tert-OH is 1. The highest BCUT2D eigenvalue weighted by Crippen LogP contribution is 2.32. The van der Waals surface area contributed by atoms with Crippen molar-refractivity contribution in [3.8, 4) is 11.5 Å². The van der Waals surface area contributed by atoms with Crippen LogP contribution in [-0.4, -0.2) is 23.2 Å². The molecule has 1 saturated carbocycles. The van der Waals surface area contributed by atoms with E-state index in [1.54, 1.807) is 18.2 Å². The number of hydrogen-bond acceptors (Lipinski definition) is 3. The summed E-state index contributed by atoms with van der Waals surface area (Å²) < 4.78 is 43.9. The zero-order chi connectivity index (χ0) is 19.4. The standard InChI is InChI=1S/C20H20F3NO3/c21-20(22,23)14-4-2-6-18(12-14)27-17-5-1-3-13(11-17)19(26)24-15-7-9-16(25)10-8-15/h1-6,11-12,15-16,25H,7-10H2,(H,24,26). The van der Waals surface area contributed by atoms with Gasteiger partial charge >= 0.3 is 6.18 Å². The Morgan fingerprint density at radius 3 is 2.30 bits per heavy atom. The van der Waals surface area contributed by atoms with E-state index in [1.807, 2.05) is 0 Å². The molecule has 7 heteroatoms. The average Bonchev–Trinajstić information content (AvgIpc) is 2.63. The Balaban J connectivity index is 1.68. The molecule has 2 aromatic rings. The van der Waals surface area contributed by atoms with Crippen LogP contribution in [0, 0.1) is 0 Å². The Labute approximate surface area is 155 Å². The smallest absolute Gasteiger partial charge is 0.416 e. The van der Waals surface area contributed by atoms with Crippen molar-refractivity contribution in [1.29, 1.82) is 0 Å². The second-order valence-electron chi connectivity index (χ2n) is 6.63. The van der Waals surface area contributed by atoms with E-state index in [0.29, 0.717) is 31.2 Å². The van der Waals surface area contributed by atoms with Gasteiger partial charge in [-0.25, -0.2) is 0 Å². The second-order valence-corrected chi connectivity index (χ2v) is 6.63. The van der Waals surface area contributed by atoms with Crippen LogP contribution in [0.25, 0.3) is 0 Å². The lowest BCUT2D eigenvalue weighted by molar-refractivity contribution is -0.137. The summed E-state index contributed by atoms with van der Waals surface area (Å²) in [4.78, 5) is 12.4. The summed E-state index contributed by atoms with van der Waals surface area (Å²) in [7, 11) is 0. The number of benzene rings is 2. The zero-order valence-corrected chi connectivity index (χ0v) is 14.5. The van der Waals surface area contributed by atoms with Gasteiger partial charge in [-0.05, 0) is 62.1 Å². The van der Waals surface area contributed by atoms with Gasteiger partial charge in [0, 0.05) is 11.6 Å². The maximum atomic E-state index is 12.8. The molecule has 144 valence electrons. The molecule has 4 nitrogen and oxygen atoms in total. The first-order chi connectivity index (χ1) is 12.8. The van der Waals surface area contributed by atoms with Gasteiger partial charge in [-0.1, -0.05) is 12.1 Å². The van der Waals surface area contributed by atoms with Gasteiger partial charge in [0.1, 0.15) is 11.5 Å². The normalized spacial score (nSPS) is 20.1. The minimum absolute atomic E-state index is 0.00828. The number of ether oxygens (including phenoxy) is 1. The highest BCUT2D eigenvalue weighted by Gasteiger charge is 2.30. The van der Waals surface area contributed by atoms with E-state index < -0.39 is 11.7 Å². The number of rotatable bonds is 4. The van der Waals surface area contributed by atoms with Crippen molar-refractivity contribution in [2.75, 3.05) is 0 Å². The van der Waals surface area contributed by atoms with Gasteiger partial charge in [0.25, 0.3) is 5.91 Å². The van der Waals surface area contributed by atoms with Crippen molar-refractivity contribution in [3.05, 3.63) is 59.7 Å². The van der Waals surface area contributed by atoms with Gasteiger partial charge < -0.3 is 15.2 Å². The van der Waals surface area contributed by atoms with E-state index in [2.05, 4.69) is 5.32 Å². The summed E-state index contributed by atoms with van der Waals surface area (Å²) in [6.07, 6.45) is -2.01. The molecule has 3 rings (SSSR count). The number of hydrogen-bond donors (Lipinski definition) is 2. The average molecular weight is 379 g/mol. The first-order valence-electron chi connectivity index (χ1n) is 8.75. The largest absolute Gasteiger partial charge is 0.457 e. The van der Waals surface area contributed by atoms with Crippen LogP contribution in [0.4, 0.5) is 13.2 Å². The second kappa shape index (κ2) is 8.00. The van der Waals surface area contributed by atoms with Crippen LogP contribution in [0.1, 0.15) is 41.6 Å². The van der Waals surface area contributed by atoms with E-state index in [1.165, 1.54) is 18.2 Å². The molecule has 2 N–H and O–H groups in total. The first kappa shape index (κ1) is 19.2. The van der Waals surface area contributed by atoms with Crippen LogP contribution in [-0.2, 0) is 6.18 Å². The molecule has 0 radical (unpaired) electrons. The summed E-state index contributed by atoms with van der Waals surface area (Å²) in [5, 5.41) is 12.4. The fourth-order valence-corrected chi connectivity index (χ4v) is 3.06. The Bertz CT molecular complexity index is 799. The van der Waals surface area contributed by atoms with Crippen LogP contribution < -0.4 is 10.1 Å². The van der Waals surface area contributed by atoms with E-state index in [4.69, 9.17) is 4.74 Å². The van der Waals surface area contributed by atoms with Gasteiger partial charge in [0.2, 0.25) is 0 Å². The van der Waals surface area contributed by atoms with Crippen LogP contribution in [0.2, 0.25) is 0 Å². The molecule has 0 aliphatic heterocycles. The predicted octanol–water partition coefficient (Wildman–Crippen LogP) is 4.53. The first-order valence-corrected chi connectivity index (χ1v) is 8.75. The topological polar surface area (TPSA) is 58.6 Å². The summed E-state index contributed by atoms with van der Waals surface area (Å²) in [5.74, 6) is 0.0515. The minimum atomic E-state index is -4.45. The Morgan fingerprint density at radius 2 is 1.63 bits per heavy atom. The Kier molecular flexibility index (Phi) is 5.70. The molecule has 1 aliphatic rings. The van der Waals surface area contributed by atoms with Crippen molar-refractivity contribution < 1.29 is 27.8 Å². The van der Waals surface area contributed by atoms with Gasteiger partial charge in [0.05, 0.1) is 11.7 Å². The van der Waals surface area contributed by atoms with Crippen LogP contribution in [0.3, 0.4) is 0 Å². The van der Waals surface area contributed by atoms with Crippen molar-refractivity contribution in [1.82, 2.24) is 5.32 Å². The highest BCUT2D eigenvalue weighted by atomic mass is 19.4. The SMILES string of the molecule is O=C(NC1CCC(O)CC1)c1cccc(Oc2cccc(C(F)(F)F)c2)c1. The van der Waals surface area contributed by atoms with Crippen molar-refractivity contribution in [2.45, 2.75) is 44.0 Å². The summed E-state index contributed by atoms with van der Waals surface area (Å²) in [6.45, 7) is 0. The van der Waals surface area contributed by atoms with Gasteiger partial charge in [0.15, 0.2) is 0 Å². The quantitative estimate of drug-likeness (QED) is 0.821. The van der Waals surface area contributed by atoms with Crippen molar-refractivity contribution in [3.63, 3.8) is 0 Å². The number of amides is 1. The molecule has 0 heterocycles. The third-order valence-corrected chi connectivity index (χ3v) is 4.53. The number of nitrogens with one attached hydrogen (secondary N) is 1. The number of aliphatic hydroxyl groups is 1. The van der Waals surface area contributed by atoms with Crippen LogP contribution in [0.5, 0.6) is 11.5 Å². The van der Waals surface area contributed by atoms with Gasteiger partial charge in [-0.2, -0.15) is 13.2 Å². The number of carbonyl (C=O) groups excluding carboxylic acids is 1. The molecule has 1 amide bonds. The van der Waals surface area contributed by atoms with E-state index >= 15 is 0 Å². The molecule has 2 aromatic carbocycles. The number of halogens is 3. The number of alkyl halides is 3. The molecule has 0 atom stereocenters. The lowest BCUT2D eigenvalue weighted by Gasteiger charge is -2.26. The van der Waals surface area contributed by atoms with E-state index in [9.17, 15) is 23.1 Å². The van der Waals surface area contributed by atoms with Gasteiger partial charge in [-0.3, -0.25) is 4.79 Å². The molecule has 0 aromatic heterocycles. The lowest BCUT2D eigenvalue weighted by Crippen LogP contribution is -2.38. The lowest BCUT2D eigenvalue weighted by atomic mass is 9.93. The minimum Gasteiger partial charge on any atom is -0.457 e. The number of carbonyl (C=O) groups is 1. The maximum absolute atomic E-state index is 12.8. The maximum Gasteiger partial charge on any atom is 0.416 e. The van der Waals surface area contributed by atoms with E-state index in [-0.39, 0.29) is 29.6 Å². The van der Waals surface area contributed by atoms with Crippen molar-refractivity contribution in [2.24, 2.45) is 0 Å². The molecule has 27 heavy (non-hydrogen) atoms. The molecule has 0 bridgehead atoms. The molecule has 1 aliphatic carbocycles. The van der Waals surface area contributed by atoms with Crippen LogP contribution in [0.15, 0.2) is 48.5 Å². The Morgan fingerprint density at radius 1 is 1.00 bits per heavy atom. The van der Waals surface area contributed by atoms with Crippen molar-refractivity contribution >= 4 is 5.91 Å². The fourth-order valence-electron chi connectivity index (χ4n) is 3.06. The zero-order valence-electron chi connectivity index (χ0n) is 14.5. The molecule has 0 unspecified atom stereocenters. The Hall–Kier alpha value is -2.54. The molecule has 0 spiro atoms. The third-order valence-electron chi connectivity index (χ3n) is 4.53. The summed E-state index contributed by atoms with van der Waals surface area (Å²) in [5.41, 5.74) is -0.431. The molecular weight excluding hydrogens is 359 g/mol.